The lowest BCUT2D eigenvalue weighted by Gasteiger charge is -2.37. The molecule has 1 aliphatic carbocycles. The Morgan fingerprint density at radius 3 is 2.52 bits per heavy atom. The van der Waals surface area contributed by atoms with Gasteiger partial charge in [0.25, 0.3) is 5.91 Å². The summed E-state index contributed by atoms with van der Waals surface area (Å²) in [5.74, 6) is 0.732. The Morgan fingerprint density at radius 1 is 1.07 bits per heavy atom. The molecule has 1 fully saturated rings. The van der Waals surface area contributed by atoms with Gasteiger partial charge >= 0.3 is 0 Å². The number of halogens is 2. The van der Waals surface area contributed by atoms with Crippen molar-refractivity contribution in [2.45, 2.75) is 51.2 Å². The Hall–Kier alpha value is -3.08. The Morgan fingerprint density at radius 2 is 1.82 bits per heavy atom. The maximum atomic E-state index is 14.3. The molecule has 0 atom stereocenters. The normalized spacial score (nSPS) is 16.6. The van der Waals surface area contributed by atoms with Crippen molar-refractivity contribution < 1.29 is 9.53 Å². The molecule has 0 unspecified atom stereocenters. The fourth-order valence-corrected chi connectivity index (χ4v) is 6.92. The monoisotopic (exact) mass is 593 g/mol. The second kappa shape index (κ2) is 13.5. The standard InChI is InChI=1S/C32H32ClN3O2S.ClH/c1-3-38-28-16-11-23(22-8-6-7-21(17-22)19-34)18-24(28)20-36(26-14-12-25(35-2)13-15-26)32(37)31-30(33)27-9-4-5-10-29(27)39-31;/h4-11,16-18,25-26,35H,3,12-15,20H2,1-2H3;1H. The summed E-state index contributed by atoms with van der Waals surface area (Å²) < 4.78 is 7.04. The number of hydrogen-bond acceptors (Lipinski definition) is 5. The molecule has 5 rings (SSSR count). The first kappa shape index (κ1) is 29.9. The van der Waals surface area contributed by atoms with Crippen LogP contribution in [0.25, 0.3) is 21.2 Å². The van der Waals surface area contributed by atoms with Crippen LogP contribution < -0.4 is 10.1 Å². The van der Waals surface area contributed by atoms with Gasteiger partial charge < -0.3 is 15.0 Å². The highest BCUT2D eigenvalue weighted by atomic mass is 35.5. The minimum absolute atomic E-state index is 0. The first-order chi connectivity index (χ1) is 19.0. The van der Waals surface area contributed by atoms with E-state index in [1.807, 2.05) is 73.5 Å². The lowest BCUT2D eigenvalue weighted by atomic mass is 9.89. The number of nitriles is 1. The van der Waals surface area contributed by atoms with Gasteiger partial charge in [-0.25, -0.2) is 0 Å². The number of amides is 1. The van der Waals surface area contributed by atoms with Gasteiger partial charge in [-0.05, 0) is 81.1 Å². The van der Waals surface area contributed by atoms with Crippen LogP contribution in [0.1, 0.15) is 53.4 Å². The summed E-state index contributed by atoms with van der Waals surface area (Å²) in [5, 5.41) is 14.2. The van der Waals surface area contributed by atoms with Crippen LogP contribution in [0, 0.1) is 11.3 Å². The van der Waals surface area contributed by atoms with Crippen molar-refractivity contribution in [1.82, 2.24) is 10.2 Å². The largest absolute Gasteiger partial charge is 0.494 e. The predicted octanol–water partition coefficient (Wildman–Crippen LogP) is 8.09. The number of thiophene rings is 1. The lowest BCUT2D eigenvalue weighted by molar-refractivity contribution is 0.0604. The highest BCUT2D eigenvalue weighted by Gasteiger charge is 2.32. The molecule has 3 aromatic carbocycles. The van der Waals surface area contributed by atoms with Gasteiger partial charge in [0.05, 0.1) is 23.3 Å². The van der Waals surface area contributed by atoms with Crippen LogP contribution in [0.5, 0.6) is 5.75 Å². The Bertz CT molecular complexity index is 1520. The molecular weight excluding hydrogens is 561 g/mol. The topological polar surface area (TPSA) is 65.4 Å². The SMILES string of the molecule is CCOc1ccc(-c2cccc(C#N)c2)cc1CN(C(=O)c1sc2ccccc2c1Cl)C1CCC(NC)CC1.Cl. The van der Waals surface area contributed by atoms with E-state index in [4.69, 9.17) is 16.3 Å². The average Bonchev–Trinajstić information content (AvgIpc) is 3.32. The molecule has 5 nitrogen and oxygen atoms in total. The van der Waals surface area contributed by atoms with Crippen LogP contribution in [0.4, 0.5) is 0 Å². The summed E-state index contributed by atoms with van der Waals surface area (Å²) in [6, 6.07) is 24.4. The smallest absolute Gasteiger partial charge is 0.266 e. The van der Waals surface area contributed by atoms with Gasteiger partial charge in [-0.1, -0.05) is 48.0 Å². The molecule has 208 valence electrons. The lowest BCUT2D eigenvalue weighted by Crippen LogP contribution is -2.44. The molecule has 1 N–H and O–H groups in total. The minimum atomic E-state index is -0.0339. The van der Waals surface area contributed by atoms with Gasteiger partial charge in [0.2, 0.25) is 0 Å². The van der Waals surface area contributed by atoms with E-state index in [2.05, 4.69) is 17.5 Å². The van der Waals surface area contributed by atoms with E-state index in [0.29, 0.717) is 34.7 Å². The maximum absolute atomic E-state index is 14.3. The Balaban J connectivity index is 0.00000370. The van der Waals surface area contributed by atoms with Gasteiger partial charge in [-0.15, -0.1) is 23.7 Å². The van der Waals surface area contributed by atoms with Crippen molar-refractivity contribution in [3.63, 3.8) is 0 Å². The number of fused-ring (bicyclic) bond motifs is 1. The molecule has 0 spiro atoms. The zero-order valence-corrected chi connectivity index (χ0v) is 25.0. The van der Waals surface area contributed by atoms with Crippen LogP contribution in [0.3, 0.4) is 0 Å². The van der Waals surface area contributed by atoms with E-state index in [1.54, 1.807) is 6.07 Å². The molecule has 1 saturated carbocycles. The summed E-state index contributed by atoms with van der Waals surface area (Å²) in [7, 11) is 2.01. The van der Waals surface area contributed by atoms with E-state index >= 15 is 0 Å². The third kappa shape index (κ3) is 6.29. The van der Waals surface area contributed by atoms with Crippen LogP contribution >= 0.6 is 35.3 Å². The number of carbonyl (C=O) groups excluding carboxylic acids is 1. The molecule has 40 heavy (non-hydrogen) atoms. The molecule has 4 aromatic rings. The molecule has 1 amide bonds. The Kier molecular flexibility index (Phi) is 10.1. The van der Waals surface area contributed by atoms with Crippen LogP contribution in [-0.4, -0.2) is 36.5 Å². The average molecular weight is 595 g/mol. The van der Waals surface area contributed by atoms with Gasteiger partial charge in [0, 0.05) is 34.3 Å². The van der Waals surface area contributed by atoms with E-state index in [-0.39, 0.29) is 24.4 Å². The molecule has 1 aromatic heterocycles. The number of rotatable bonds is 8. The molecule has 8 heteroatoms. The van der Waals surface area contributed by atoms with Crippen molar-refractivity contribution in [2.75, 3.05) is 13.7 Å². The first-order valence-electron chi connectivity index (χ1n) is 13.4. The number of benzene rings is 3. The fraction of sp³-hybridized carbons (Fsp3) is 0.312. The molecule has 0 bridgehead atoms. The van der Waals surface area contributed by atoms with Gasteiger partial charge in [0.15, 0.2) is 0 Å². The van der Waals surface area contributed by atoms with E-state index < -0.39 is 0 Å². The predicted molar refractivity (Wildman–Crippen MR) is 167 cm³/mol. The van der Waals surface area contributed by atoms with Gasteiger partial charge in [-0.2, -0.15) is 5.26 Å². The summed E-state index contributed by atoms with van der Waals surface area (Å²) in [6.45, 7) is 2.91. The molecule has 0 saturated heterocycles. The third-order valence-corrected chi connectivity index (χ3v) is 9.23. The zero-order valence-electron chi connectivity index (χ0n) is 22.7. The number of carbonyl (C=O) groups is 1. The highest BCUT2D eigenvalue weighted by Crippen LogP contribution is 2.38. The van der Waals surface area contributed by atoms with Crippen LogP contribution in [0.15, 0.2) is 66.7 Å². The van der Waals surface area contributed by atoms with Gasteiger partial charge in [-0.3, -0.25) is 4.79 Å². The molecule has 0 radical (unpaired) electrons. The van der Waals surface area contributed by atoms with Gasteiger partial charge in [0.1, 0.15) is 10.6 Å². The summed E-state index contributed by atoms with van der Waals surface area (Å²) in [5.41, 5.74) is 3.49. The number of nitrogens with one attached hydrogen (secondary N) is 1. The summed E-state index contributed by atoms with van der Waals surface area (Å²) >= 11 is 8.26. The zero-order chi connectivity index (χ0) is 27.4. The van der Waals surface area contributed by atoms with Crippen molar-refractivity contribution in [3.8, 4) is 22.9 Å². The Labute approximate surface area is 251 Å². The van der Waals surface area contributed by atoms with E-state index in [9.17, 15) is 10.1 Å². The molecule has 0 aliphatic heterocycles. The number of hydrogen-bond donors (Lipinski definition) is 1. The number of nitrogens with zero attached hydrogens (tertiary/aromatic N) is 2. The fourth-order valence-electron chi connectivity index (χ4n) is 5.46. The van der Waals surface area contributed by atoms with Crippen molar-refractivity contribution in [1.29, 1.82) is 5.26 Å². The quantitative estimate of drug-likeness (QED) is 0.224. The summed E-state index contributed by atoms with van der Waals surface area (Å²) in [4.78, 5) is 16.9. The van der Waals surface area contributed by atoms with E-state index in [1.165, 1.54) is 11.3 Å². The van der Waals surface area contributed by atoms with Crippen LogP contribution in [0.2, 0.25) is 5.02 Å². The summed E-state index contributed by atoms with van der Waals surface area (Å²) in [6.07, 6.45) is 3.88. The minimum Gasteiger partial charge on any atom is -0.494 e. The second-order valence-electron chi connectivity index (χ2n) is 9.92. The maximum Gasteiger partial charge on any atom is 0.266 e. The van der Waals surface area contributed by atoms with Crippen LogP contribution in [-0.2, 0) is 6.54 Å². The molecular formula is C32H33Cl2N3O2S. The van der Waals surface area contributed by atoms with Crippen molar-refractivity contribution in [3.05, 3.63) is 87.8 Å². The number of ether oxygens (including phenoxy) is 1. The highest BCUT2D eigenvalue weighted by molar-refractivity contribution is 7.21. The molecule has 1 heterocycles. The van der Waals surface area contributed by atoms with E-state index in [0.717, 1.165) is 58.2 Å². The van der Waals surface area contributed by atoms with Crippen molar-refractivity contribution in [2.24, 2.45) is 0 Å². The molecule has 1 aliphatic rings. The van der Waals surface area contributed by atoms with Crippen molar-refractivity contribution >= 4 is 51.3 Å². The first-order valence-corrected chi connectivity index (χ1v) is 14.6. The third-order valence-electron chi connectivity index (χ3n) is 7.56. The second-order valence-corrected chi connectivity index (χ2v) is 11.3.